The van der Waals surface area contributed by atoms with Gasteiger partial charge in [0.2, 0.25) is 0 Å². The van der Waals surface area contributed by atoms with Crippen molar-refractivity contribution in [2.24, 2.45) is 0 Å². The van der Waals surface area contributed by atoms with Crippen molar-refractivity contribution in [2.75, 3.05) is 11.9 Å². The zero-order chi connectivity index (χ0) is 14.7. The van der Waals surface area contributed by atoms with E-state index in [1.165, 1.54) is 0 Å². The highest BCUT2D eigenvalue weighted by Crippen LogP contribution is 2.23. The van der Waals surface area contributed by atoms with E-state index in [1.807, 2.05) is 18.7 Å². The minimum Gasteiger partial charge on any atom is -0.393 e. The van der Waals surface area contributed by atoms with Crippen LogP contribution in [-0.2, 0) is 0 Å². The summed E-state index contributed by atoms with van der Waals surface area (Å²) in [7, 11) is 0. The van der Waals surface area contributed by atoms with Crippen LogP contribution >= 0.6 is 0 Å². The van der Waals surface area contributed by atoms with Gasteiger partial charge in [0.05, 0.1) is 12.3 Å². The van der Waals surface area contributed by atoms with Gasteiger partial charge in [-0.25, -0.2) is 9.48 Å². The molecule has 2 atom stereocenters. The van der Waals surface area contributed by atoms with Crippen LogP contribution in [0.3, 0.4) is 0 Å². The van der Waals surface area contributed by atoms with E-state index in [-0.39, 0.29) is 24.2 Å². The first-order chi connectivity index (χ1) is 9.49. The number of carbonyl (C=O) groups is 1. The summed E-state index contributed by atoms with van der Waals surface area (Å²) in [5.74, 6) is 0.715. The highest BCUT2D eigenvalue weighted by atomic mass is 16.3. The Morgan fingerprint density at radius 2 is 2.30 bits per heavy atom. The summed E-state index contributed by atoms with van der Waals surface area (Å²) in [6.45, 7) is 6.56. The van der Waals surface area contributed by atoms with Gasteiger partial charge < -0.3 is 10.0 Å². The number of aliphatic hydroxyl groups excluding tert-OH is 1. The predicted molar refractivity (Wildman–Crippen MR) is 77.7 cm³/mol. The minimum absolute atomic E-state index is 0.101. The molecule has 0 bridgehead atoms. The van der Waals surface area contributed by atoms with Crippen molar-refractivity contribution in [2.45, 2.75) is 58.2 Å². The SMILES string of the molecule is CC(C)n1nccc1NC(=O)N1CCC[C@H]1C[C@H](C)O. The third kappa shape index (κ3) is 3.30. The molecule has 2 heterocycles. The third-order valence-corrected chi connectivity index (χ3v) is 3.65. The van der Waals surface area contributed by atoms with E-state index in [4.69, 9.17) is 0 Å². The normalized spacial score (nSPS) is 20.4. The number of rotatable bonds is 4. The summed E-state index contributed by atoms with van der Waals surface area (Å²) < 4.78 is 1.79. The number of hydrogen-bond acceptors (Lipinski definition) is 3. The van der Waals surface area contributed by atoms with E-state index in [0.717, 1.165) is 19.4 Å². The van der Waals surface area contributed by atoms with Crippen LogP contribution in [-0.4, -0.2) is 44.5 Å². The molecule has 1 aliphatic heterocycles. The Bertz CT molecular complexity index is 456. The number of aliphatic hydroxyl groups is 1. The lowest BCUT2D eigenvalue weighted by atomic mass is 10.1. The van der Waals surface area contributed by atoms with Crippen LogP contribution in [0, 0.1) is 0 Å². The number of anilines is 1. The molecule has 2 rings (SSSR count). The molecule has 1 aliphatic rings. The summed E-state index contributed by atoms with van der Waals surface area (Å²) >= 11 is 0. The molecular formula is C14H24N4O2. The van der Waals surface area contributed by atoms with Gasteiger partial charge in [-0.05, 0) is 40.0 Å². The Labute approximate surface area is 119 Å². The first kappa shape index (κ1) is 14.8. The minimum atomic E-state index is -0.380. The van der Waals surface area contributed by atoms with Crippen LogP contribution in [0.15, 0.2) is 12.3 Å². The maximum absolute atomic E-state index is 12.4. The zero-order valence-corrected chi connectivity index (χ0v) is 12.4. The largest absolute Gasteiger partial charge is 0.393 e. The van der Waals surface area contributed by atoms with Crippen LogP contribution in [0.4, 0.5) is 10.6 Å². The Morgan fingerprint density at radius 1 is 1.55 bits per heavy atom. The van der Waals surface area contributed by atoms with Crippen LogP contribution in [0.5, 0.6) is 0 Å². The van der Waals surface area contributed by atoms with Crippen molar-refractivity contribution in [3.05, 3.63) is 12.3 Å². The molecule has 1 aromatic rings. The van der Waals surface area contributed by atoms with Gasteiger partial charge in [0.15, 0.2) is 0 Å². The maximum Gasteiger partial charge on any atom is 0.323 e. The molecule has 20 heavy (non-hydrogen) atoms. The van der Waals surface area contributed by atoms with E-state index >= 15 is 0 Å². The molecule has 0 radical (unpaired) electrons. The van der Waals surface area contributed by atoms with Crippen LogP contribution < -0.4 is 5.32 Å². The maximum atomic E-state index is 12.4. The van der Waals surface area contributed by atoms with Crippen molar-refractivity contribution >= 4 is 11.8 Å². The van der Waals surface area contributed by atoms with Gasteiger partial charge >= 0.3 is 6.03 Å². The van der Waals surface area contributed by atoms with Gasteiger partial charge in [0.25, 0.3) is 0 Å². The molecular weight excluding hydrogens is 256 g/mol. The number of likely N-dealkylation sites (tertiary alicyclic amines) is 1. The second-order valence-corrected chi connectivity index (χ2v) is 5.76. The topological polar surface area (TPSA) is 70.4 Å². The highest BCUT2D eigenvalue weighted by molar-refractivity contribution is 5.88. The number of amides is 2. The molecule has 1 saturated heterocycles. The van der Waals surface area contributed by atoms with Crippen LogP contribution in [0.1, 0.15) is 46.1 Å². The number of carbonyl (C=O) groups excluding carboxylic acids is 1. The number of nitrogens with zero attached hydrogens (tertiary/aromatic N) is 3. The van der Waals surface area contributed by atoms with Crippen LogP contribution in [0.2, 0.25) is 0 Å². The molecule has 1 aromatic heterocycles. The van der Waals surface area contributed by atoms with Gasteiger partial charge in [-0.2, -0.15) is 5.10 Å². The lowest BCUT2D eigenvalue weighted by Gasteiger charge is -2.26. The Morgan fingerprint density at radius 3 is 2.95 bits per heavy atom. The average Bonchev–Trinajstić information content (AvgIpc) is 2.96. The van der Waals surface area contributed by atoms with Gasteiger partial charge in [0.1, 0.15) is 5.82 Å². The molecule has 6 heteroatoms. The molecule has 0 unspecified atom stereocenters. The molecule has 0 spiro atoms. The van der Waals surface area contributed by atoms with Crippen LogP contribution in [0.25, 0.3) is 0 Å². The van der Waals surface area contributed by atoms with E-state index in [9.17, 15) is 9.90 Å². The Hall–Kier alpha value is -1.56. The van der Waals surface area contributed by atoms with Gasteiger partial charge in [0, 0.05) is 24.7 Å². The van der Waals surface area contributed by atoms with Crippen molar-refractivity contribution in [1.29, 1.82) is 0 Å². The predicted octanol–water partition coefficient (Wildman–Crippen LogP) is 2.23. The molecule has 6 nitrogen and oxygen atoms in total. The number of aromatic nitrogens is 2. The number of urea groups is 1. The second kappa shape index (κ2) is 6.26. The molecule has 2 amide bonds. The second-order valence-electron chi connectivity index (χ2n) is 5.76. The fraction of sp³-hybridized carbons (Fsp3) is 0.714. The van der Waals surface area contributed by atoms with Crippen molar-refractivity contribution in [3.63, 3.8) is 0 Å². The lowest BCUT2D eigenvalue weighted by Crippen LogP contribution is -2.40. The standard InChI is InChI=1S/C14H24N4O2/c1-10(2)18-13(6-7-15-18)16-14(20)17-8-4-5-12(17)9-11(3)19/h6-7,10-12,19H,4-5,8-9H2,1-3H3,(H,16,20)/t11-,12-/m0/s1. The third-order valence-electron chi connectivity index (χ3n) is 3.65. The van der Waals surface area contributed by atoms with E-state index < -0.39 is 0 Å². The van der Waals surface area contributed by atoms with Gasteiger partial charge in [-0.15, -0.1) is 0 Å². The van der Waals surface area contributed by atoms with E-state index in [2.05, 4.69) is 10.4 Å². The first-order valence-corrected chi connectivity index (χ1v) is 7.28. The first-order valence-electron chi connectivity index (χ1n) is 7.28. The smallest absolute Gasteiger partial charge is 0.323 e. The van der Waals surface area contributed by atoms with Crippen molar-refractivity contribution in [1.82, 2.24) is 14.7 Å². The molecule has 2 N–H and O–H groups in total. The summed E-state index contributed by atoms with van der Waals surface area (Å²) in [6.07, 6.45) is 3.90. The van der Waals surface area contributed by atoms with E-state index in [1.54, 1.807) is 23.9 Å². The quantitative estimate of drug-likeness (QED) is 0.888. The fourth-order valence-electron chi connectivity index (χ4n) is 2.75. The summed E-state index contributed by atoms with van der Waals surface area (Å²) in [4.78, 5) is 14.2. The van der Waals surface area contributed by atoms with Gasteiger partial charge in [-0.3, -0.25) is 5.32 Å². The van der Waals surface area contributed by atoms with E-state index in [0.29, 0.717) is 12.2 Å². The molecule has 112 valence electrons. The lowest BCUT2D eigenvalue weighted by molar-refractivity contribution is 0.142. The fourth-order valence-corrected chi connectivity index (χ4v) is 2.75. The Kier molecular flexibility index (Phi) is 4.65. The van der Waals surface area contributed by atoms with Crippen molar-refractivity contribution in [3.8, 4) is 0 Å². The monoisotopic (exact) mass is 280 g/mol. The molecule has 0 aliphatic carbocycles. The van der Waals surface area contributed by atoms with Gasteiger partial charge in [-0.1, -0.05) is 0 Å². The summed E-state index contributed by atoms with van der Waals surface area (Å²) in [5, 5.41) is 16.6. The van der Waals surface area contributed by atoms with Crippen molar-refractivity contribution < 1.29 is 9.90 Å². The molecule has 0 aromatic carbocycles. The molecule has 1 fully saturated rings. The molecule has 0 saturated carbocycles. The Balaban J connectivity index is 2.02. The zero-order valence-electron chi connectivity index (χ0n) is 12.4. The number of hydrogen-bond donors (Lipinski definition) is 2. The summed E-state index contributed by atoms with van der Waals surface area (Å²) in [5.41, 5.74) is 0. The summed E-state index contributed by atoms with van der Waals surface area (Å²) in [6, 6.07) is 2.03. The average molecular weight is 280 g/mol. The highest BCUT2D eigenvalue weighted by Gasteiger charge is 2.30. The number of nitrogens with one attached hydrogen (secondary N) is 1.